The fourth-order valence-corrected chi connectivity index (χ4v) is 5.38. The molecule has 2 fully saturated rings. The molecule has 0 spiro atoms. The summed E-state index contributed by atoms with van der Waals surface area (Å²) < 4.78 is 40.7. The second-order valence-electron chi connectivity index (χ2n) is 7.63. The first-order chi connectivity index (χ1) is 14.3. The fraction of sp³-hybridized carbons (Fsp3) is 0.381. The zero-order valence-electron chi connectivity index (χ0n) is 16.3. The molecule has 0 unspecified atom stereocenters. The van der Waals surface area contributed by atoms with Gasteiger partial charge in [0.1, 0.15) is 11.9 Å². The van der Waals surface area contributed by atoms with Crippen molar-refractivity contribution in [1.29, 1.82) is 0 Å². The first kappa shape index (κ1) is 21.2. The number of piperazine rings is 1. The number of sulfonamides is 1. The van der Waals surface area contributed by atoms with E-state index >= 15 is 0 Å². The third-order valence-electron chi connectivity index (χ3n) is 5.43. The van der Waals surface area contributed by atoms with Crippen molar-refractivity contribution in [3.63, 3.8) is 0 Å². The monoisotopic (exact) mass is 451 g/mol. The summed E-state index contributed by atoms with van der Waals surface area (Å²) in [5, 5.41) is 3.38. The summed E-state index contributed by atoms with van der Waals surface area (Å²) in [7, 11) is -3.66. The van der Waals surface area contributed by atoms with Gasteiger partial charge in [-0.25, -0.2) is 12.8 Å². The summed E-state index contributed by atoms with van der Waals surface area (Å²) in [6.45, 7) is 1.28. The van der Waals surface area contributed by atoms with Gasteiger partial charge >= 0.3 is 0 Å². The molecule has 1 saturated heterocycles. The molecule has 160 valence electrons. The maximum absolute atomic E-state index is 13.4. The van der Waals surface area contributed by atoms with Crippen LogP contribution in [0.2, 0.25) is 5.02 Å². The summed E-state index contributed by atoms with van der Waals surface area (Å²) in [6.07, 6.45) is 1.93. The number of carbonyl (C=O) groups is 1. The summed E-state index contributed by atoms with van der Waals surface area (Å²) in [4.78, 5) is 15.0. The van der Waals surface area contributed by atoms with Crippen LogP contribution in [0.15, 0.2) is 53.4 Å². The van der Waals surface area contributed by atoms with Crippen molar-refractivity contribution in [2.24, 2.45) is 0 Å². The van der Waals surface area contributed by atoms with Crippen LogP contribution in [0.5, 0.6) is 0 Å². The minimum atomic E-state index is -3.66. The molecule has 2 aliphatic rings. The summed E-state index contributed by atoms with van der Waals surface area (Å²) in [6, 6.07) is 11.7. The van der Waals surface area contributed by atoms with Crippen LogP contribution < -0.4 is 5.32 Å². The molecule has 2 aromatic carbocycles. The van der Waals surface area contributed by atoms with Crippen molar-refractivity contribution >= 4 is 27.5 Å². The number of nitrogens with zero attached hydrogens (tertiary/aromatic N) is 2. The van der Waals surface area contributed by atoms with Crippen LogP contribution in [0.1, 0.15) is 24.4 Å². The van der Waals surface area contributed by atoms with Gasteiger partial charge in [-0.1, -0.05) is 29.8 Å². The number of nitrogens with one attached hydrogen (secondary N) is 1. The second-order valence-corrected chi connectivity index (χ2v) is 10.0. The van der Waals surface area contributed by atoms with Gasteiger partial charge in [0.15, 0.2) is 0 Å². The Balaban J connectivity index is 1.50. The molecule has 4 rings (SSSR count). The normalized spacial score (nSPS) is 19.4. The van der Waals surface area contributed by atoms with Crippen LogP contribution in [0.25, 0.3) is 0 Å². The van der Waals surface area contributed by atoms with Gasteiger partial charge in [-0.15, -0.1) is 0 Å². The number of carbonyl (C=O) groups excluding carboxylic acids is 1. The van der Waals surface area contributed by atoms with Gasteiger partial charge < -0.3 is 5.32 Å². The van der Waals surface area contributed by atoms with Gasteiger partial charge in [0.05, 0.1) is 4.90 Å². The Kier molecular flexibility index (Phi) is 6.11. The van der Waals surface area contributed by atoms with Crippen LogP contribution in [0, 0.1) is 5.82 Å². The summed E-state index contributed by atoms with van der Waals surface area (Å²) in [5.74, 6) is -0.493. The predicted molar refractivity (Wildman–Crippen MR) is 112 cm³/mol. The molecule has 1 aliphatic carbocycles. The maximum Gasteiger partial charge on any atom is 0.243 e. The van der Waals surface area contributed by atoms with E-state index in [0.29, 0.717) is 23.7 Å². The first-order valence-corrected chi connectivity index (χ1v) is 11.7. The molecular weight excluding hydrogens is 429 g/mol. The highest BCUT2D eigenvalue weighted by molar-refractivity contribution is 7.89. The van der Waals surface area contributed by atoms with E-state index in [9.17, 15) is 17.6 Å². The van der Waals surface area contributed by atoms with E-state index in [1.165, 1.54) is 28.6 Å². The average molecular weight is 452 g/mol. The maximum atomic E-state index is 13.4. The number of rotatable bonds is 6. The van der Waals surface area contributed by atoms with Gasteiger partial charge in [0.2, 0.25) is 15.9 Å². The van der Waals surface area contributed by atoms with Crippen LogP contribution >= 0.6 is 11.6 Å². The lowest BCUT2D eigenvalue weighted by molar-refractivity contribution is -0.127. The van der Waals surface area contributed by atoms with E-state index in [2.05, 4.69) is 5.32 Å². The molecule has 30 heavy (non-hydrogen) atoms. The third kappa shape index (κ3) is 4.67. The molecular formula is C21H23ClFN3O3S. The Morgan fingerprint density at radius 2 is 1.73 bits per heavy atom. The Labute approximate surface area is 180 Å². The summed E-state index contributed by atoms with van der Waals surface area (Å²) >= 11 is 5.95. The molecule has 1 atom stereocenters. The average Bonchev–Trinajstić information content (AvgIpc) is 3.54. The minimum absolute atomic E-state index is 0.129. The Hall–Kier alpha value is -2.00. The predicted octanol–water partition coefficient (Wildman–Crippen LogP) is 2.81. The van der Waals surface area contributed by atoms with E-state index in [-0.39, 0.29) is 35.8 Å². The van der Waals surface area contributed by atoms with E-state index in [4.69, 9.17) is 11.6 Å². The lowest BCUT2D eigenvalue weighted by Gasteiger charge is -2.38. The van der Waals surface area contributed by atoms with Crippen molar-refractivity contribution in [3.05, 3.63) is 64.9 Å². The quantitative estimate of drug-likeness (QED) is 0.733. The Bertz CT molecular complexity index is 1020. The fourth-order valence-electron chi connectivity index (χ4n) is 3.66. The van der Waals surface area contributed by atoms with Crippen LogP contribution in [-0.2, 0) is 14.8 Å². The Morgan fingerprint density at radius 3 is 2.33 bits per heavy atom. The largest absolute Gasteiger partial charge is 0.352 e. The van der Waals surface area contributed by atoms with Crippen molar-refractivity contribution < 1.29 is 17.6 Å². The van der Waals surface area contributed by atoms with E-state index < -0.39 is 16.1 Å². The third-order valence-corrected chi connectivity index (χ3v) is 7.56. The zero-order chi connectivity index (χ0) is 21.3. The smallest absolute Gasteiger partial charge is 0.243 e. The first-order valence-electron chi connectivity index (χ1n) is 9.90. The SMILES string of the molecule is O=C(NC1CC1)[C@H](c1ccc(F)cc1)N1CCN(S(=O)(=O)c2cccc(Cl)c2)CC1. The standard InChI is InChI=1S/C21H23ClFN3O3S/c22-16-2-1-3-19(14-16)30(28,29)26-12-10-25(11-13-26)20(21(27)24-18-8-9-18)15-4-6-17(23)7-5-15/h1-7,14,18,20H,8-13H2,(H,24,27)/t20-/m0/s1. The molecule has 1 N–H and O–H groups in total. The molecule has 1 heterocycles. The topological polar surface area (TPSA) is 69.7 Å². The molecule has 0 aromatic heterocycles. The number of hydrogen-bond donors (Lipinski definition) is 1. The van der Waals surface area contributed by atoms with Gasteiger partial charge in [-0.05, 0) is 48.7 Å². The van der Waals surface area contributed by atoms with Gasteiger partial charge in [0, 0.05) is 37.2 Å². The number of hydrogen-bond acceptors (Lipinski definition) is 4. The van der Waals surface area contributed by atoms with Crippen LogP contribution in [0.4, 0.5) is 4.39 Å². The molecule has 1 saturated carbocycles. The minimum Gasteiger partial charge on any atom is -0.352 e. The van der Waals surface area contributed by atoms with E-state index in [1.807, 2.05) is 4.90 Å². The van der Waals surface area contributed by atoms with Gasteiger partial charge in [-0.3, -0.25) is 9.69 Å². The highest BCUT2D eigenvalue weighted by Crippen LogP contribution is 2.28. The van der Waals surface area contributed by atoms with Gasteiger partial charge in [0.25, 0.3) is 0 Å². The second kappa shape index (κ2) is 8.63. The number of amides is 1. The molecule has 1 amide bonds. The summed E-state index contributed by atoms with van der Waals surface area (Å²) in [5.41, 5.74) is 0.695. The molecule has 0 radical (unpaired) electrons. The van der Waals surface area contributed by atoms with Gasteiger partial charge in [-0.2, -0.15) is 4.31 Å². The molecule has 9 heteroatoms. The molecule has 0 bridgehead atoms. The zero-order valence-corrected chi connectivity index (χ0v) is 17.9. The van der Waals surface area contributed by atoms with Crippen LogP contribution in [0.3, 0.4) is 0 Å². The highest BCUT2D eigenvalue weighted by atomic mass is 35.5. The van der Waals surface area contributed by atoms with E-state index in [0.717, 1.165) is 12.8 Å². The molecule has 2 aromatic rings. The van der Waals surface area contributed by atoms with Crippen molar-refractivity contribution in [3.8, 4) is 0 Å². The lowest BCUT2D eigenvalue weighted by Crippen LogP contribution is -2.52. The van der Waals surface area contributed by atoms with Crippen molar-refractivity contribution in [2.75, 3.05) is 26.2 Å². The van der Waals surface area contributed by atoms with Crippen molar-refractivity contribution in [2.45, 2.75) is 29.8 Å². The molecule has 1 aliphatic heterocycles. The van der Waals surface area contributed by atoms with Crippen molar-refractivity contribution in [1.82, 2.24) is 14.5 Å². The van der Waals surface area contributed by atoms with E-state index in [1.54, 1.807) is 24.3 Å². The van der Waals surface area contributed by atoms with Crippen LogP contribution in [-0.4, -0.2) is 55.8 Å². The number of halogens is 2. The Morgan fingerprint density at radius 1 is 1.07 bits per heavy atom. The molecule has 6 nitrogen and oxygen atoms in total. The lowest BCUT2D eigenvalue weighted by atomic mass is 10.0. The number of benzene rings is 2. The highest BCUT2D eigenvalue weighted by Gasteiger charge is 2.36.